The summed E-state index contributed by atoms with van der Waals surface area (Å²) < 4.78 is 5.73. The van der Waals surface area contributed by atoms with E-state index in [1.165, 1.54) is 13.0 Å². The van der Waals surface area contributed by atoms with E-state index in [1.54, 1.807) is 4.90 Å². The lowest BCUT2D eigenvalue weighted by Gasteiger charge is -2.45. The summed E-state index contributed by atoms with van der Waals surface area (Å²) in [5.74, 6) is -0.136. The van der Waals surface area contributed by atoms with E-state index in [9.17, 15) is 14.4 Å². The van der Waals surface area contributed by atoms with Gasteiger partial charge in [-0.15, -0.1) is 0 Å². The second kappa shape index (κ2) is 9.22. The van der Waals surface area contributed by atoms with E-state index in [1.807, 2.05) is 35.2 Å². The first kappa shape index (κ1) is 21.0. The van der Waals surface area contributed by atoms with E-state index in [4.69, 9.17) is 4.74 Å². The highest BCUT2D eigenvalue weighted by molar-refractivity contribution is 5.90. The number of hydrogen-bond donors (Lipinski definition) is 1. The molecule has 1 N–H and O–H groups in total. The third-order valence-corrected chi connectivity index (χ3v) is 5.84. The van der Waals surface area contributed by atoms with Gasteiger partial charge in [-0.05, 0) is 24.5 Å². The van der Waals surface area contributed by atoms with Crippen molar-refractivity contribution >= 4 is 17.7 Å². The Morgan fingerprint density at radius 2 is 1.86 bits per heavy atom. The van der Waals surface area contributed by atoms with E-state index >= 15 is 0 Å². The SMILES string of the molecule is C=CC(=O)N1CCC(C(=O)N2CCOC(CNC(C)=O)C2)(c2ccccc2)CC1. The number of piperidine rings is 1. The molecule has 7 heteroatoms. The second-order valence-corrected chi connectivity index (χ2v) is 7.66. The van der Waals surface area contributed by atoms with Crippen LogP contribution in [0, 0.1) is 0 Å². The summed E-state index contributed by atoms with van der Waals surface area (Å²) in [6, 6.07) is 9.83. The lowest BCUT2D eigenvalue weighted by atomic mass is 9.71. The number of morpholine rings is 1. The van der Waals surface area contributed by atoms with Crippen LogP contribution in [0.5, 0.6) is 0 Å². The van der Waals surface area contributed by atoms with E-state index in [0.29, 0.717) is 52.2 Å². The van der Waals surface area contributed by atoms with Crippen LogP contribution in [-0.4, -0.2) is 73.0 Å². The molecule has 29 heavy (non-hydrogen) atoms. The topological polar surface area (TPSA) is 79.0 Å². The Morgan fingerprint density at radius 3 is 2.48 bits per heavy atom. The monoisotopic (exact) mass is 399 g/mol. The highest BCUT2D eigenvalue weighted by Gasteiger charge is 2.46. The van der Waals surface area contributed by atoms with Crippen LogP contribution in [0.2, 0.25) is 0 Å². The maximum Gasteiger partial charge on any atom is 0.245 e. The molecule has 3 rings (SSSR count). The predicted octanol–water partition coefficient (Wildman–Crippen LogP) is 1.10. The zero-order chi connectivity index (χ0) is 20.9. The molecule has 2 fully saturated rings. The Balaban J connectivity index is 1.80. The first-order valence-corrected chi connectivity index (χ1v) is 10.1. The normalized spacial score (nSPS) is 21.3. The van der Waals surface area contributed by atoms with Crippen LogP contribution < -0.4 is 5.32 Å². The predicted molar refractivity (Wildman–Crippen MR) is 109 cm³/mol. The molecule has 2 aliphatic heterocycles. The maximum absolute atomic E-state index is 13.8. The number of nitrogens with one attached hydrogen (secondary N) is 1. The molecular formula is C22H29N3O4. The van der Waals surface area contributed by atoms with E-state index in [0.717, 1.165) is 5.56 Å². The molecule has 0 aliphatic carbocycles. The van der Waals surface area contributed by atoms with Crippen LogP contribution in [0.1, 0.15) is 25.3 Å². The molecule has 2 heterocycles. The van der Waals surface area contributed by atoms with Gasteiger partial charge < -0.3 is 19.9 Å². The molecule has 1 aromatic carbocycles. The van der Waals surface area contributed by atoms with Gasteiger partial charge in [-0.3, -0.25) is 14.4 Å². The van der Waals surface area contributed by atoms with Crippen LogP contribution in [0.4, 0.5) is 0 Å². The quantitative estimate of drug-likeness (QED) is 0.752. The fourth-order valence-electron chi connectivity index (χ4n) is 4.21. The Hall–Kier alpha value is -2.67. The van der Waals surface area contributed by atoms with Gasteiger partial charge in [0.25, 0.3) is 0 Å². The van der Waals surface area contributed by atoms with Gasteiger partial charge in [0.05, 0.1) is 18.1 Å². The first-order valence-electron chi connectivity index (χ1n) is 10.1. The molecule has 1 unspecified atom stereocenters. The largest absolute Gasteiger partial charge is 0.373 e. The van der Waals surface area contributed by atoms with Crippen molar-refractivity contribution in [2.75, 3.05) is 39.3 Å². The smallest absolute Gasteiger partial charge is 0.245 e. The van der Waals surface area contributed by atoms with Gasteiger partial charge in [-0.25, -0.2) is 0 Å². The highest BCUT2D eigenvalue weighted by Crippen LogP contribution is 2.38. The molecule has 0 saturated carbocycles. The van der Waals surface area contributed by atoms with E-state index in [2.05, 4.69) is 11.9 Å². The molecule has 7 nitrogen and oxygen atoms in total. The van der Waals surface area contributed by atoms with Crippen LogP contribution in [-0.2, 0) is 24.5 Å². The molecule has 0 bridgehead atoms. The van der Waals surface area contributed by atoms with Gasteiger partial charge in [0.15, 0.2) is 0 Å². The molecule has 0 radical (unpaired) electrons. The number of benzene rings is 1. The third-order valence-electron chi connectivity index (χ3n) is 5.84. The molecule has 1 aromatic rings. The number of hydrogen-bond acceptors (Lipinski definition) is 4. The lowest BCUT2D eigenvalue weighted by Crippen LogP contribution is -2.58. The van der Waals surface area contributed by atoms with Gasteiger partial charge in [-0.2, -0.15) is 0 Å². The molecule has 0 spiro atoms. The van der Waals surface area contributed by atoms with Crippen molar-refractivity contribution in [3.05, 3.63) is 48.6 Å². The van der Waals surface area contributed by atoms with Gasteiger partial charge in [0, 0.05) is 39.6 Å². The van der Waals surface area contributed by atoms with Crippen molar-refractivity contribution < 1.29 is 19.1 Å². The minimum Gasteiger partial charge on any atom is -0.373 e. The minimum atomic E-state index is -0.658. The van der Waals surface area contributed by atoms with Crippen LogP contribution >= 0.6 is 0 Å². The molecule has 1 atom stereocenters. The number of nitrogens with zero attached hydrogens (tertiary/aromatic N) is 2. The standard InChI is InChI=1S/C22H29N3O4/c1-3-20(27)24-11-9-22(10-12-24,18-7-5-4-6-8-18)21(28)25-13-14-29-19(16-25)15-23-17(2)26/h3-8,19H,1,9-16H2,2H3,(H,23,26). The van der Waals surface area contributed by atoms with Crippen molar-refractivity contribution in [2.24, 2.45) is 0 Å². The van der Waals surface area contributed by atoms with Crippen LogP contribution in [0.15, 0.2) is 43.0 Å². The molecule has 156 valence electrons. The zero-order valence-electron chi connectivity index (χ0n) is 16.9. The zero-order valence-corrected chi connectivity index (χ0v) is 16.9. The molecule has 0 aromatic heterocycles. The van der Waals surface area contributed by atoms with Crippen LogP contribution in [0.25, 0.3) is 0 Å². The summed E-state index contributed by atoms with van der Waals surface area (Å²) in [4.78, 5) is 40.6. The van der Waals surface area contributed by atoms with Crippen molar-refractivity contribution in [3.63, 3.8) is 0 Å². The molecular weight excluding hydrogens is 370 g/mol. The number of rotatable bonds is 5. The van der Waals surface area contributed by atoms with Gasteiger partial charge in [-0.1, -0.05) is 36.9 Å². The summed E-state index contributed by atoms with van der Waals surface area (Å²) in [6.07, 6.45) is 2.25. The summed E-state index contributed by atoms with van der Waals surface area (Å²) in [5.41, 5.74) is 0.329. The number of carbonyl (C=O) groups is 3. The minimum absolute atomic E-state index is 0.0746. The van der Waals surface area contributed by atoms with Crippen LogP contribution in [0.3, 0.4) is 0 Å². The number of amides is 3. The summed E-state index contributed by atoms with van der Waals surface area (Å²) >= 11 is 0. The average Bonchev–Trinajstić information content (AvgIpc) is 2.77. The van der Waals surface area contributed by atoms with Crippen molar-refractivity contribution in [2.45, 2.75) is 31.3 Å². The summed E-state index contributed by atoms with van der Waals surface area (Å²) in [7, 11) is 0. The lowest BCUT2D eigenvalue weighted by molar-refractivity contribution is -0.148. The van der Waals surface area contributed by atoms with Crippen molar-refractivity contribution in [3.8, 4) is 0 Å². The third kappa shape index (κ3) is 4.67. The fourth-order valence-corrected chi connectivity index (χ4v) is 4.21. The molecule has 2 saturated heterocycles. The Kier molecular flexibility index (Phi) is 6.69. The number of likely N-dealkylation sites (tertiary alicyclic amines) is 1. The van der Waals surface area contributed by atoms with Gasteiger partial charge >= 0.3 is 0 Å². The second-order valence-electron chi connectivity index (χ2n) is 7.66. The Bertz CT molecular complexity index is 757. The summed E-state index contributed by atoms with van der Waals surface area (Å²) in [5, 5.41) is 2.76. The van der Waals surface area contributed by atoms with E-state index in [-0.39, 0.29) is 23.8 Å². The average molecular weight is 399 g/mol. The van der Waals surface area contributed by atoms with Crippen molar-refractivity contribution in [1.29, 1.82) is 0 Å². The van der Waals surface area contributed by atoms with Crippen molar-refractivity contribution in [1.82, 2.24) is 15.1 Å². The number of ether oxygens (including phenoxy) is 1. The first-order chi connectivity index (χ1) is 14.0. The molecule has 2 aliphatic rings. The van der Waals surface area contributed by atoms with Gasteiger partial charge in [0.1, 0.15) is 0 Å². The van der Waals surface area contributed by atoms with Gasteiger partial charge in [0.2, 0.25) is 17.7 Å². The summed E-state index contributed by atoms with van der Waals surface area (Å²) in [6.45, 7) is 7.88. The fraction of sp³-hybridized carbons (Fsp3) is 0.500. The Labute approximate surface area is 171 Å². The number of carbonyl (C=O) groups excluding carboxylic acids is 3. The highest BCUT2D eigenvalue weighted by atomic mass is 16.5. The van der Waals surface area contributed by atoms with E-state index < -0.39 is 5.41 Å². The Morgan fingerprint density at radius 1 is 1.17 bits per heavy atom. The maximum atomic E-state index is 13.8. The molecule has 3 amide bonds.